The SMILES string of the molecule is COC(=O)c1cc(NC(=O)CCc2ccccc2Br)c(F)cc1F. The molecular weight excluding hydrogens is 384 g/mol. The molecule has 1 amide bonds. The molecule has 0 aliphatic rings. The second kappa shape index (κ2) is 8.01. The lowest BCUT2D eigenvalue weighted by Gasteiger charge is -2.09. The molecule has 0 radical (unpaired) electrons. The molecule has 1 N–H and O–H groups in total. The zero-order chi connectivity index (χ0) is 17.7. The van der Waals surface area contributed by atoms with Crippen molar-refractivity contribution in [2.24, 2.45) is 0 Å². The van der Waals surface area contributed by atoms with Crippen LogP contribution in [0.2, 0.25) is 0 Å². The molecule has 126 valence electrons. The highest BCUT2D eigenvalue weighted by molar-refractivity contribution is 9.10. The largest absolute Gasteiger partial charge is 0.465 e. The maximum atomic E-state index is 13.8. The number of carbonyl (C=O) groups excluding carboxylic acids is 2. The molecule has 0 saturated carbocycles. The van der Waals surface area contributed by atoms with Gasteiger partial charge < -0.3 is 10.1 Å². The summed E-state index contributed by atoms with van der Waals surface area (Å²) in [7, 11) is 1.08. The van der Waals surface area contributed by atoms with Crippen LogP contribution in [0.25, 0.3) is 0 Å². The van der Waals surface area contributed by atoms with Gasteiger partial charge in [0.1, 0.15) is 11.6 Å². The minimum atomic E-state index is -1.05. The van der Waals surface area contributed by atoms with Gasteiger partial charge in [0, 0.05) is 17.0 Å². The first-order chi connectivity index (χ1) is 11.4. The molecular formula is C17H14BrF2NO3. The van der Waals surface area contributed by atoms with E-state index >= 15 is 0 Å². The van der Waals surface area contributed by atoms with Gasteiger partial charge in [0.25, 0.3) is 0 Å². The van der Waals surface area contributed by atoms with Crippen molar-refractivity contribution in [3.05, 3.63) is 63.6 Å². The summed E-state index contributed by atoms with van der Waals surface area (Å²) in [5.41, 5.74) is 0.219. The van der Waals surface area contributed by atoms with Gasteiger partial charge in [0.05, 0.1) is 18.4 Å². The summed E-state index contributed by atoms with van der Waals surface area (Å²) in [5.74, 6) is -3.41. The average molecular weight is 398 g/mol. The molecule has 2 aromatic rings. The summed E-state index contributed by atoms with van der Waals surface area (Å²) < 4.78 is 32.6. The smallest absolute Gasteiger partial charge is 0.340 e. The van der Waals surface area contributed by atoms with E-state index in [-0.39, 0.29) is 12.1 Å². The van der Waals surface area contributed by atoms with Gasteiger partial charge in [0.15, 0.2) is 0 Å². The third kappa shape index (κ3) is 4.38. The van der Waals surface area contributed by atoms with Crippen LogP contribution in [-0.4, -0.2) is 19.0 Å². The van der Waals surface area contributed by atoms with Gasteiger partial charge in [-0.2, -0.15) is 0 Å². The van der Waals surface area contributed by atoms with Crippen molar-refractivity contribution in [2.75, 3.05) is 12.4 Å². The molecule has 0 spiro atoms. The number of nitrogens with one attached hydrogen (secondary N) is 1. The molecule has 7 heteroatoms. The van der Waals surface area contributed by atoms with Gasteiger partial charge in [0.2, 0.25) is 5.91 Å². The molecule has 0 heterocycles. The maximum Gasteiger partial charge on any atom is 0.340 e. The van der Waals surface area contributed by atoms with Gasteiger partial charge in [-0.15, -0.1) is 0 Å². The second-order valence-corrected chi connectivity index (χ2v) is 5.80. The Morgan fingerprint density at radius 1 is 1.17 bits per heavy atom. The van der Waals surface area contributed by atoms with Crippen molar-refractivity contribution in [2.45, 2.75) is 12.8 Å². The number of hydrogen-bond acceptors (Lipinski definition) is 3. The molecule has 0 aliphatic carbocycles. The number of aryl methyl sites for hydroxylation is 1. The predicted octanol–water partition coefficient (Wildman–Crippen LogP) is 4.09. The Morgan fingerprint density at radius 3 is 2.54 bits per heavy atom. The summed E-state index contributed by atoms with van der Waals surface area (Å²) in [6.07, 6.45) is 0.549. The Bertz CT molecular complexity index is 780. The Hall–Kier alpha value is -2.28. The third-order valence-corrected chi connectivity index (χ3v) is 4.09. The number of methoxy groups -OCH3 is 1. The van der Waals surface area contributed by atoms with Crippen LogP contribution in [0.1, 0.15) is 22.3 Å². The fourth-order valence-corrected chi connectivity index (χ4v) is 2.56. The van der Waals surface area contributed by atoms with Crippen molar-refractivity contribution in [3.63, 3.8) is 0 Å². The highest BCUT2D eigenvalue weighted by atomic mass is 79.9. The van der Waals surface area contributed by atoms with E-state index in [0.29, 0.717) is 12.5 Å². The van der Waals surface area contributed by atoms with Gasteiger partial charge >= 0.3 is 5.97 Å². The molecule has 0 unspecified atom stereocenters. The van der Waals surface area contributed by atoms with E-state index in [2.05, 4.69) is 26.0 Å². The summed E-state index contributed by atoms with van der Waals surface area (Å²) >= 11 is 3.38. The molecule has 2 rings (SSSR count). The number of hydrogen-bond donors (Lipinski definition) is 1. The van der Waals surface area contributed by atoms with Crippen LogP contribution in [0.5, 0.6) is 0 Å². The van der Waals surface area contributed by atoms with Gasteiger partial charge in [-0.1, -0.05) is 34.1 Å². The Balaban J connectivity index is 2.08. The van der Waals surface area contributed by atoms with Crippen LogP contribution in [0.3, 0.4) is 0 Å². The van der Waals surface area contributed by atoms with E-state index in [1.807, 2.05) is 24.3 Å². The number of rotatable bonds is 5. The fourth-order valence-electron chi connectivity index (χ4n) is 2.07. The minimum absolute atomic E-state index is 0.104. The average Bonchev–Trinajstić information content (AvgIpc) is 2.56. The predicted molar refractivity (Wildman–Crippen MR) is 88.8 cm³/mol. The van der Waals surface area contributed by atoms with Crippen LogP contribution in [0.4, 0.5) is 14.5 Å². The number of benzene rings is 2. The molecule has 4 nitrogen and oxygen atoms in total. The zero-order valence-electron chi connectivity index (χ0n) is 12.7. The molecule has 0 atom stereocenters. The summed E-state index contributed by atoms with van der Waals surface area (Å²) in [5, 5.41) is 2.34. The van der Waals surface area contributed by atoms with Crippen LogP contribution in [0, 0.1) is 11.6 Å². The first-order valence-corrected chi connectivity index (χ1v) is 7.82. The standard InChI is InChI=1S/C17H14BrF2NO3/c1-24-17(23)11-8-15(14(20)9-13(11)19)21-16(22)7-6-10-4-2-3-5-12(10)18/h2-5,8-9H,6-7H2,1H3,(H,21,22). The minimum Gasteiger partial charge on any atom is -0.465 e. The van der Waals surface area contributed by atoms with E-state index in [1.54, 1.807) is 0 Å². The van der Waals surface area contributed by atoms with Crippen LogP contribution in [-0.2, 0) is 16.0 Å². The van der Waals surface area contributed by atoms with E-state index < -0.39 is 29.1 Å². The highest BCUT2D eigenvalue weighted by Gasteiger charge is 2.17. The maximum absolute atomic E-state index is 13.8. The normalized spacial score (nSPS) is 10.3. The van der Waals surface area contributed by atoms with Crippen LogP contribution < -0.4 is 5.32 Å². The van der Waals surface area contributed by atoms with E-state index in [0.717, 1.165) is 23.2 Å². The zero-order valence-corrected chi connectivity index (χ0v) is 14.3. The lowest BCUT2D eigenvalue weighted by atomic mass is 10.1. The molecule has 2 aromatic carbocycles. The Kier molecular flexibility index (Phi) is 6.03. The molecule has 0 aromatic heterocycles. The molecule has 0 aliphatic heterocycles. The van der Waals surface area contributed by atoms with E-state index in [1.165, 1.54) is 0 Å². The number of esters is 1. The second-order valence-electron chi connectivity index (χ2n) is 4.94. The molecule has 0 saturated heterocycles. The number of anilines is 1. The molecule has 0 fully saturated rings. The van der Waals surface area contributed by atoms with Crippen molar-refractivity contribution >= 4 is 33.5 Å². The first kappa shape index (κ1) is 18.1. The summed E-state index contributed by atoms with van der Waals surface area (Å²) in [4.78, 5) is 23.4. The van der Waals surface area contributed by atoms with Crippen molar-refractivity contribution in [3.8, 4) is 0 Å². The number of carbonyl (C=O) groups is 2. The fraction of sp³-hybridized carbons (Fsp3) is 0.176. The van der Waals surface area contributed by atoms with Crippen molar-refractivity contribution < 1.29 is 23.1 Å². The van der Waals surface area contributed by atoms with E-state index in [4.69, 9.17) is 0 Å². The lowest BCUT2D eigenvalue weighted by Crippen LogP contribution is -2.15. The quantitative estimate of drug-likeness (QED) is 0.773. The topological polar surface area (TPSA) is 55.4 Å². The lowest BCUT2D eigenvalue weighted by molar-refractivity contribution is -0.116. The third-order valence-electron chi connectivity index (χ3n) is 3.32. The number of halogens is 3. The van der Waals surface area contributed by atoms with Crippen molar-refractivity contribution in [1.29, 1.82) is 0 Å². The van der Waals surface area contributed by atoms with E-state index in [9.17, 15) is 18.4 Å². The molecule has 24 heavy (non-hydrogen) atoms. The highest BCUT2D eigenvalue weighted by Crippen LogP contribution is 2.21. The Labute approximate surface area is 145 Å². The molecule has 0 bridgehead atoms. The van der Waals surface area contributed by atoms with Gasteiger partial charge in [-0.05, 0) is 24.1 Å². The summed E-state index contributed by atoms with van der Waals surface area (Å²) in [6.45, 7) is 0. The van der Waals surface area contributed by atoms with Crippen LogP contribution >= 0.6 is 15.9 Å². The summed E-state index contributed by atoms with van der Waals surface area (Å²) in [6, 6.07) is 8.89. The monoisotopic (exact) mass is 397 g/mol. The number of ether oxygens (including phenoxy) is 1. The first-order valence-electron chi connectivity index (χ1n) is 7.03. The van der Waals surface area contributed by atoms with Crippen LogP contribution in [0.15, 0.2) is 40.9 Å². The van der Waals surface area contributed by atoms with Gasteiger partial charge in [-0.3, -0.25) is 4.79 Å². The number of amides is 1. The van der Waals surface area contributed by atoms with Gasteiger partial charge in [-0.25, -0.2) is 13.6 Å². The van der Waals surface area contributed by atoms with Crippen molar-refractivity contribution in [1.82, 2.24) is 0 Å². The Morgan fingerprint density at radius 2 is 1.88 bits per heavy atom.